The van der Waals surface area contributed by atoms with Crippen molar-refractivity contribution >= 4 is 52.3 Å². The first-order valence-electron chi connectivity index (χ1n) is 9.98. The Balaban J connectivity index is 0.00000320. The number of hydrogen-bond acceptors (Lipinski definition) is 5. The summed E-state index contributed by atoms with van der Waals surface area (Å²) in [7, 11) is 0. The number of carbonyl (C=O) groups is 2. The van der Waals surface area contributed by atoms with Crippen LogP contribution in [0.2, 0.25) is 0 Å². The average molecular weight is 468 g/mol. The normalized spacial score (nSPS) is 13.8. The molecule has 0 fully saturated rings. The quantitative estimate of drug-likeness (QED) is 0.578. The van der Waals surface area contributed by atoms with Gasteiger partial charge in [0.25, 0.3) is 5.91 Å². The van der Waals surface area contributed by atoms with Gasteiger partial charge >= 0.3 is 0 Å². The molecule has 5 nitrogen and oxygen atoms in total. The molecule has 0 saturated carbocycles. The van der Waals surface area contributed by atoms with Gasteiger partial charge in [0.1, 0.15) is 5.00 Å². The first-order chi connectivity index (χ1) is 13.7. The lowest BCUT2D eigenvalue weighted by Gasteiger charge is -2.30. The third-order valence-electron chi connectivity index (χ3n) is 4.98. The number of nitrogens with zero attached hydrogens (tertiary/aromatic N) is 1. The fraction of sp³-hybridized carbons (Fsp3) is 0.455. The van der Waals surface area contributed by atoms with E-state index in [2.05, 4.69) is 37.9 Å². The van der Waals surface area contributed by atoms with E-state index in [1.807, 2.05) is 24.3 Å². The van der Waals surface area contributed by atoms with Crippen molar-refractivity contribution in [2.75, 3.05) is 11.9 Å². The Morgan fingerprint density at radius 3 is 2.43 bits per heavy atom. The van der Waals surface area contributed by atoms with Gasteiger partial charge in [0, 0.05) is 34.2 Å². The first kappa shape index (κ1) is 24.7. The second-order valence-electron chi connectivity index (χ2n) is 7.92. The SMILES string of the molecule is CC(C)Sc1ccc(CC(=O)Nc2sc3c(c2C(N)=O)CCN(C(C)C)C3)cc1.Cl. The number of hydrogen-bond donors (Lipinski definition) is 2. The molecule has 0 saturated heterocycles. The predicted molar refractivity (Wildman–Crippen MR) is 129 cm³/mol. The number of halogens is 1. The molecule has 0 unspecified atom stereocenters. The summed E-state index contributed by atoms with van der Waals surface area (Å²) < 4.78 is 0. The molecule has 8 heteroatoms. The maximum Gasteiger partial charge on any atom is 0.251 e. The number of carbonyl (C=O) groups excluding carboxylic acids is 2. The highest BCUT2D eigenvalue weighted by Gasteiger charge is 2.28. The third-order valence-corrected chi connectivity index (χ3v) is 7.12. The number of rotatable bonds is 7. The van der Waals surface area contributed by atoms with E-state index in [4.69, 9.17) is 5.73 Å². The molecule has 0 atom stereocenters. The van der Waals surface area contributed by atoms with Gasteiger partial charge in [-0.3, -0.25) is 14.5 Å². The molecule has 164 valence electrons. The Kier molecular flexibility index (Phi) is 8.79. The minimum atomic E-state index is -0.467. The number of anilines is 1. The summed E-state index contributed by atoms with van der Waals surface area (Å²) in [6.07, 6.45) is 1.05. The van der Waals surface area contributed by atoms with Crippen LogP contribution in [0.15, 0.2) is 29.2 Å². The fourth-order valence-electron chi connectivity index (χ4n) is 3.53. The average Bonchev–Trinajstić information content (AvgIpc) is 2.99. The fourth-order valence-corrected chi connectivity index (χ4v) is 5.66. The van der Waals surface area contributed by atoms with Crippen molar-refractivity contribution in [2.24, 2.45) is 5.73 Å². The van der Waals surface area contributed by atoms with E-state index >= 15 is 0 Å². The number of benzene rings is 1. The van der Waals surface area contributed by atoms with E-state index in [1.165, 1.54) is 16.2 Å². The van der Waals surface area contributed by atoms with E-state index in [0.29, 0.717) is 21.9 Å². The van der Waals surface area contributed by atoms with Crippen molar-refractivity contribution in [2.45, 2.75) is 63.3 Å². The molecular weight excluding hydrogens is 438 g/mol. The van der Waals surface area contributed by atoms with Crippen molar-refractivity contribution in [1.29, 1.82) is 0 Å². The summed E-state index contributed by atoms with van der Waals surface area (Å²) in [6, 6.07) is 8.51. The highest BCUT2D eigenvalue weighted by molar-refractivity contribution is 7.99. The number of nitrogens with one attached hydrogen (secondary N) is 1. The number of fused-ring (bicyclic) bond motifs is 1. The zero-order valence-corrected chi connectivity index (χ0v) is 20.3. The van der Waals surface area contributed by atoms with Crippen LogP contribution in [0.5, 0.6) is 0 Å². The molecule has 30 heavy (non-hydrogen) atoms. The maximum atomic E-state index is 12.6. The van der Waals surface area contributed by atoms with Crippen LogP contribution in [0.3, 0.4) is 0 Å². The minimum Gasteiger partial charge on any atom is -0.365 e. The molecule has 0 aliphatic carbocycles. The largest absolute Gasteiger partial charge is 0.365 e. The topological polar surface area (TPSA) is 75.4 Å². The highest BCUT2D eigenvalue weighted by atomic mass is 35.5. The lowest BCUT2D eigenvalue weighted by atomic mass is 10.0. The number of amides is 2. The number of nitrogens with two attached hydrogens (primary N) is 1. The second kappa shape index (κ2) is 10.7. The second-order valence-corrected chi connectivity index (χ2v) is 10.7. The Morgan fingerprint density at radius 2 is 1.87 bits per heavy atom. The summed E-state index contributed by atoms with van der Waals surface area (Å²) in [6.45, 7) is 10.3. The van der Waals surface area contributed by atoms with E-state index in [1.54, 1.807) is 11.8 Å². The van der Waals surface area contributed by atoms with Crippen molar-refractivity contribution in [3.05, 3.63) is 45.8 Å². The summed E-state index contributed by atoms with van der Waals surface area (Å²) in [5, 5.41) is 4.05. The van der Waals surface area contributed by atoms with E-state index < -0.39 is 5.91 Å². The molecule has 1 aliphatic rings. The molecule has 1 aromatic carbocycles. The smallest absolute Gasteiger partial charge is 0.251 e. The summed E-state index contributed by atoms with van der Waals surface area (Å²) in [5.41, 5.74) is 8.11. The van der Waals surface area contributed by atoms with Gasteiger partial charge in [-0.05, 0) is 43.5 Å². The first-order valence-corrected chi connectivity index (χ1v) is 11.7. The standard InChI is InChI=1S/C22H29N3O2S2.ClH/c1-13(2)25-10-9-17-18(12-25)29-22(20(17)21(23)27)24-19(26)11-15-5-7-16(8-6-15)28-14(3)4;/h5-8,13-14H,9-12H2,1-4H3,(H2,23,27)(H,24,26);1H. The van der Waals surface area contributed by atoms with Crippen molar-refractivity contribution in [3.63, 3.8) is 0 Å². The zero-order chi connectivity index (χ0) is 21.1. The molecule has 3 rings (SSSR count). The molecule has 3 N–H and O–H groups in total. The molecule has 0 spiro atoms. The van der Waals surface area contributed by atoms with Gasteiger partial charge in [0.15, 0.2) is 0 Å². The molecule has 1 aromatic heterocycles. The molecule has 2 amide bonds. The van der Waals surface area contributed by atoms with Crippen LogP contribution < -0.4 is 11.1 Å². The number of thiophene rings is 1. The van der Waals surface area contributed by atoms with Gasteiger partial charge in [-0.2, -0.15) is 0 Å². The van der Waals surface area contributed by atoms with Crippen molar-refractivity contribution < 1.29 is 9.59 Å². The summed E-state index contributed by atoms with van der Waals surface area (Å²) in [5.74, 6) is -0.595. The Hall–Kier alpha value is -1.54. The van der Waals surface area contributed by atoms with Gasteiger partial charge in [-0.1, -0.05) is 26.0 Å². The highest BCUT2D eigenvalue weighted by Crippen LogP contribution is 2.37. The third kappa shape index (κ3) is 6.00. The molecule has 2 aromatic rings. The Morgan fingerprint density at radius 1 is 1.20 bits per heavy atom. The van der Waals surface area contributed by atoms with Crippen LogP contribution in [0.4, 0.5) is 5.00 Å². The van der Waals surface area contributed by atoms with Crippen LogP contribution in [-0.4, -0.2) is 34.6 Å². The van der Waals surface area contributed by atoms with E-state index in [0.717, 1.165) is 35.5 Å². The van der Waals surface area contributed by atoms with Gasteiger partial charge in [0.05, 0.1) is 12.0 Å². The maximum absolute atomic E-state index is 12.6. The van der Waals surface area contributed by atoms with Gasteiger partial charge < -0.3 is 11.1 Å². The predicted octanol–water partition coefficient (Wildman–Crippen LogP) is 4.72. The van der Waals surface area contributed by atoms with Crippen LogP contribution in [0.1, 0.15) is 54.1 Å². The minimum absolute atomic E-state index is 0. The summed E-state index contributed by atoms with van der Waals surface area (Å²) in [4.78, 5) is 29.4. The van der Waals surface area contributed by atoms with Crippen LogP contribution in [0.25, 0.3) is 0 Å². The van der Waals surface area contributed by atoms with Gasteiger partial charge in [0.2, 0.25) is 5.91 Å². The van der Waals surface area contributed by atoms with E-state index in [9.17, 15) is 9.59 Å². The molecular formula is C22H30ClN3O2S2. The van der Waals surface area contributed by atoms with Crippen molar-refractivity contribution in [1.82, 2.24) is 4.90 Å². The van der Waals surface area contributed by atoms with Gasteiger partial charge in [-0.25, -0.2) is 0 Å². The summed E-state index contributed by atoms with van der Waals surface area (Å²) >= 11 is 3.28. The monoisotopic (exact) mass is 467 g/mol. The van der Waals surface area contributed by atoms with Crippen LogP contribution in [0, 0.1) is 0 Å². The Bertz CT molecular complexity index is 895. The van der Waals surface area contributed by atoms with E-state index in [-0.39, 0.29) is 24.7 Å². The van der Waals surface area contributed by atoms with Crippen LogP contribution >= 0.6 is 35.5 Å². The lowest BCUT2D eigenvalue weighted by Crippen LogP contribution is -2.35. The zero-order valence-electron chi connectivity index (χ0n) is 17.9. The Labute approximate surface area is 193 Å². The molecule has 0 radical (unpaired) electrons. The molecule has 2 heterocycles. The van der Waals surface area contributed by atoms with Gasteiger partial charge in [-0.15, -0.1) is 35.5 Å². The van der Waals surface area contributed by atoms with Crippen molar-refractivity contribution in [3.8, 4) is 0 Å². The van der Waals surface area contributed by atoms with Crippen LogP contribution in [-0.2, 0) is 24.2 Å². The molecule has 1 aliphatic heterocycles. The lowest BCUT2D eigenvalue weighted by molar-refractivity contribution is -0.115. The number of primary amides is 1. The number of thioether (sulfide) groups is 1. The molecule has 0 bridgehead atoms.